The van der Waals surface area contributed by atoms with Gasteiger partial charge >= 0.3 is 11.9 Å². The van der Waals surface area contributed by atoms with Gasteiger partial charge in [-0.2, -0.15) is 0 Å². The lowest BCUT2D eigenvalue weighted by Crippen LogP contribution is -2.56. The molecule has 39 heavy (non-hydrogen) atoms. The van der Waals surface area contributed by atoms with Crippen molar-refractivity contribution < 1.29 is 33.3 Å². The Kier molecular flexibility index (Phi) is 8.43. The van der Waals surface area contributed by atoms with Gasteiger partial charge in [0.05, 0.1) is 48.3 Å². The number of anilines is 1. The number of ether oxygens (including phenoxy) is 4. The highest BCUT2D eigenvalue weighted by Crippen LogP contribution is 2.57. The van der Waals surface area contributed by atoms with Crippen molar-refractivity contribution in [3.8, 4) is 11.5 Å². The van der Waals surface area contributed by atoms with Crippen LogP contribution in [0.15, 0.2) is 56.5 Å². The van der Waals surface area contributed by atoms with Crippen molar-refractivity contribution in [3.63, 3.8) is 0 Å². The minimum Gasteiger partial charge on any atom is -0.497 e. The first-order chi connectivity index (χ1) is 18.6. The molecular formula is C28H27NO7S3. The fourth-order valence-corrected chi connectivity index (χ4v) is 7.37. The number of fused-ring (bicyclic) bond motifs is 1. The molecule has 204 valence electrons. The lowest BCUT2D eigenvalue weighted by molar-refractivity contribution is -0.138. The number of methoxy groups -OCH3 is 3. The normalized spacial score (nSPS) is 16.2. The molecule has 0 radical (unpaired) electrons. The molecule has 0 atom stereocenters. The van der Waals surface area contributed by atoms with E-state index < -0.39 is 17.5 Å². The number of hydrogen-bond acceptors (Lipinski definition) is 10. The minimum atomic E-state index is -1.00. The Labute approximate surface area is 240 Å². The van der Waals surface area contributed by atoms with E-state index >= 15 is 0 Å². The maximum atomic E-state index is 14.1. The standard InChI is InChI=1S/C28H27NO7S3/c1-7-36-18-13-9-12-17-19(27-38-21(25(31)34-5)22(39-27)26(32)35-6)23(37)28(2,3)29(20(17)18)24(30)15-10-8-11-16(14-15)33-4/h8-14H,7H2,1-6H3. The fraction of sp³-hybridized carbons (Fsp3) is 0.286. The Balaban J connectivity index is 1.96. The van der Waals surface area contributed by atoms with Crippen molar-refractivity contribution in [2.75, 3.05) is 32.8 Å². The zero-order valence-corrected chi connectivity index (χ0v) is 24.7. The van der Waals surface area contributed by atoms with Crippen LogP contribution in [0.1, 0.15) is 36.7 Å². The molecule has 11 heteroatoms. The zero-order chi connectivity index (χ0) is 28.5. The highest BCUT2D eigenvalue weighted by Gasteiger charge is 2.47. The number of hydrogen-bond donors (Lipinski definition) is 0. The second-order valence-electron chi connectivity index (χ2n) is 8.85. The summed E-state index contributed by atoms with van der Waals surface area (Å²) in [7, 11) is 4.04. The summed E-state index contributed by atoms with van der Waals surface area (Å²) in [6.45, 7) is 5.96. The maximum absolute atomic E-state index is 14.1. The predicted octanol–water partition coefficient (Wildman–Crippen LogP) is 5.61. The predicted molar refractivity (Wildman–Crippen MR) is 157 cm³/mol. The van der Waals surface area contributed by atoms with Crippen molar-refractivity contribution in [2.45, 2.75) is 26.3 Å². The molecule has 8 nitrogen and oxygen atoms in total. The molecule has 2 aliphatic rings. The van der Waals surface area contributed by atoms with E-state index in [0.29, 0.717) is 49.6 Å². The van der Waals surface area contributed by atoms with Gasteiger partial charge in [0.25, 0.3) is 5.91 Å². The van der Waals surface area contributed by atoms with Crippen LogP contribution in [0.4, 0.5) is 5.69 Å². The Bertz CT molecular complexity index is 1410. The SMILES string of the molecule is CCOc1cccc2c1N(C(=O)c1cccc(OC)c1)C(C)(C)C(=S)C2=C1SC(C(=O)OC)=C(C(=O)OC)S1. The van der Waals surface area contributed by atoms with Crippen LogP contribution in [0, 0.1) is 0 Å². The molecule has 2 aromatic carbocycles. The van der Waals surface area contributed by atoms with Gasteiger partial charge in [-0.3, -0.25) is 9.69 Å². The number of para-hydroxylation sites is 1. The Morgan fingerprint density at radius 1 is 0.949 bits per heavy atom. The van der Waals surface area contributed by atoms with Crippen LogP contribution in [-0.4, -0.2) is 56.2 Å². The highest BCUT2D eigenvalue weighted by molar-refractivity contribution is 8.29. The first kappa shape index (κ1) is 28.7. The molecule has 2 heterocycles. The number of nitrogens with zero attached hydrogens (tertiary/aromatic N) is 1. The van der Waals surface area contributed by atoms with Crippen LogP contribution in [0.25, 0.3) is 5.57 Å². The van der Waals surface area contributed by atoms with Gasteiger partial charge < -0.3 is 18.9 Å². The third-order valence-corrected chi connectivity index (χ3v) is 9.46. The van der Waals surface area contributed by atoms with Crippen LogP contribution in [0.3, 0.4) is 0 Å². The Hall–Kier alpha value is -3.28. The number of amides is 1. The van der Waals surface area contributed by atoms with Gasteiger partial charge in [-0.15, -0.1) is 0 Å². The Morgan fingerprint density at radius 3 is 2.13 bits per heavy atom. The summed E-state index contributed by atoms with van der Waals surface area (Å²) in [6.07, 6.45) is 0. The van der Waals surface area contributed by atoms with Crippen molar-refractivity contribution in [2.24, 2.45) is 0 Å². The molecule has 0 unspecified atom stereocenters. The van der Waals surface area contributed by atoms with Crippen LogP contribution in [-0.2, 0) is 19.1 Å². The van der Waals surface area contributed by atoms with E-state index in [2.05, 4.69) is 0 Å². The van der Waals surface area contributed by atoms with Crippen LogP contribution in [0.2, 0.25) is 0 Å². The number of carbonyl (C=O) groups excluding carboxylic acids is 3. The monoisotopic (exact) mass is 585 g/mol. The summed E-state index contributed by atoms with van der Waals surface area (Å²) < 4.78 is 21.8. The van der Waals surface area contributed by atoms with E-state index in [9.17, 15) is 14.4 Å². The molecule has 0 fully saturated rings. The third-order valence-electron chi connectivity index (χ3n) is 6.19. The summed E-state index contributed by atoms with van der Waals surface area (Å²) in [6, 6.07) is 12.4. The Morgan fingerprint density at radius 2 is 1.56 bits per heavy atom. The number of benzene rings is 2. The van der Waals surface area contributed by atoms with E-state index in [0.717, 1.165) is 23.5 Å². The summed E-state index contributed by atoms with van der Waals surface area (Å²) in [5.74, 6) is -0.531. The lowest BCUT2D eigenvalue weighted by Gasteiger charge is -2.45. The molecule has 0 bridgehead atoms. The number of esters is 2. The topological polar surface area (TPSA) is 91.4 Å². The van der Waals surface area contributed by atoms with E-state index in [1.807, 2.05) is 32.9 Å². The largest absolute Gasteiger partial charge is 0.497 e. The van der Waals surface area contributed by atoms with E-state index in [1.165, 1.54) is 14.2 Å². The first-order valence-corrected chi connectivity index (χ1v) is 13.9. The average Bonchev–Trinajstić information content (AvgIpc) is 3.38. The molecule has 0 spiro atoms. The van der Waals surface area contributed by atoms with Gasteiger partial charge in [-0.25, -0.2) is 9.59 Å². The van der Waals surface area contributed by atoms with Crippen molar-refractivity contribution in [3.05, 3.63) is 67.6 Å². The van der Waals surface area contributed by atoms with Crippen LogP contribution >= 0.6 is 35.7 Å². The molecule has 4 rings (SSSR count). The molecule has 0 saturated heterocycles. The number of carbonyl (C=O) groups is 3. The number of thioether (sulfide) groups is 2. The molecule has 0 aliphatic carbocycles. The summed E-state index contributed by atoms with van der Waals surface area (Å²) >= 11 is 8.25. The lowest BCUT2D eigenvalue weighted by atomic mass is 9.82. The van der Waals surface area contributed by atoms with Gasteiger partial charge in [0.2, 0.25) is 0 Å². The fourth-order valence-electron chi connectivity index (χ4n) is 4.33. The number of thiocarbonyl (C=S) groups is 1. The summed E-state index contributed by atoms with van der Waals surface area (Å²) in [4.78, 5) is 41.6. The van der Waals surface area contributed by atoms with Gasteiger partial charge in [-0.05, 0) is 45.0 Å². The van der Waals surface area contributed by atoms with Gasteiger partial charge in [-0.1, -0.05) is 53.9 Å². The molecule has 2 aliphatic heterocycles. The smallest absolute Gasteiger partial charge is 0.346 e. The van der Waals surface area contributed by atoms with Gasteiger partial charge in [0.1, 0.15) is 21.3 Å². The first-order valence-electron chi connectivity index (χ1n) is 11.9. The van der Waals surface area contributed by atoms with E-state index in [1.54, 1.807) is 42.3 Å². The average molecular weight is 586 g/mol. The van der Waals surface area contributed by atoms with Gasteiger partial charge in [0.15, 0.2) is 0 Å². The quantitative estimate of drug-likeness (QED) is 0.242. The zero-order valence-electron chi connectivity index (χ0n) is 22.3. The van der Waals surface area contributed by atoms with E-state index in [4.69, 9.17) is 31.2 Å². The molecular weight excluding hydrogens is 559 g/mol. The number of rotatable bonds is 6. The third kappa shape index (κ3) is 5.06. The van der Waals surface area contributed by atoms with E-state index in [-0.39, 0.29) is 15.7 Å². The molecule has 0 saturated carbocycles. The van der Waals surface area contributed by atoms with Gasteiger partial charge in [0, 0.05) is 16.7 Å². The molecule has 1 amide bonds. The second-order valence-corrected chi connectivity index (χ2v) is 11.6. The molecule has 0 aromatic heterocycles. The van der Waals surface area contributed by atoms with Crippen molar-refractivity contribution in [1.82, 2.24) is 0 Å². The minimum absolute atomic E-state index is 0.120. The molecule has 0 N–H and O–H groups in total. The summed E-state index contributed by atoms with van der Waals surface area (Å²) in [5, 5.41) is 0. The maximum Gasteiger partial charge on any atom is 0.346 e. The van der Waals surface area contributed by atoms with Crippen LogP contribution in [0.5, 0.6) is 11.5 Å². The second kappa shape index (κ2) is 11.4. The highest BCUT2D eigenvalue weighted by atomic mass is 32.2. The molecule has 2 aromatic rings. The van der Waals surface area contributed by atoms with Crippen LogP contribution < -0.4 is 14.4 Å². The van der Waals surface area contributed by atoms with Crippen molar-refractivity contribution in [1.29, 1.82) is 0 Å². The summed E-state index contributed by atoms with van der Waals surface area (Å²) in [5.41, 5.74) is 1.24. The van der Waals surface area contributed by atoms with Crippen molar-refractivity contribution >= 4 is 69.7 Å².